The molecule has 154 valence electrons. The summed E-state index contributed by atoms with van der Waals surface area (Å²) >= 11 is 5.45. The molecule has 6 nitrogen and oxygen atoms in total. The second-order valence-corrected chi connectivity index (χ2v) is 7.27. The topological polar surface area (TPSA) is 55.3 Å². The quantitative estimate of drug-likeness (QED) is 0.518. The predicted octanol–water partition coefficient (Wildman–Crippen LogP) is 4.67. The highest BCUT2D eigenvalue weighted by atomic mass is 32.1. The van der Waals surface area contributed by atoms with E-state index >= 15 is 0 Å². The fourth-order valence-corrected chi connectivity index (χ4v) is 3.36. The zero-order valence-corrected chi connectivity index (χ0v) is 18.3. The summed E-state index contributed by atoms with van der Waals surface area (Å²) in [5.41, 5.74) is 3.47. The first-order valence-corrected chi connectivity index (χ1v) is 10.2. The molecular formula is C22H28N4O2S. The Labute approximate surface area is 177 Å². The number of hydrogen-bond acceptors (Lipinski definition) is 5. The highest BCUT2D eigenvalue weighted by Crippen LogP contribution is 2.28. The molecule has 0 saturated carbocycles. The summed E-state index contributed by atoms with van der Waals surface area (Å²) in [5, 5.41) is 3.32. The van der Waals surface area contributed by atoms with Crippen LogP contribution in [0.25, 0.3) is 11.4 Å². The van der Waals surface area contributed by atoms with E-state index in [9.17, 15) is 0 Å². The van der Waals surface area contributed by atoms with E-state index in [2.05, 4.69) is 52.2 Å². The molecular weight excluding hydrogens is 384 g/mol. The van der Waals surface area contributed by atoms with E-state index in [0.29, 0.717) is 18.0 Å². The number of H-pyrrole nitrogens is 1. The lowest BCUT2D eigenvalue weighted by molar-refractivity contribution is 0.244. The van der Waals surface area contributed by atoms with Gasteiger partial charge in [-0.1, -0.05) is 37.3 Å². The van der Waals surface area contributed by atoms with Gasteiger partial charge in [-0.25, -0.2) is 4.68 Å². The van der Waals surface area contributed by atoms with Crippen molar-refractivity contribution in [2.45, 2.75) is 33.5 Å². The molecule has 0 radical (unpaired) electrons. The van der Waals surface area contributed by atoms with E-state index in [1.165, 1.54) is 5.56 Å². The van der Waals surface area contributed by atoms with Crippen LogP contribution in [-0.2, 0) is 19.6 Å². The Hall–Kier alpha value is -2.64. The van der Waals surface area contributed by atoms with Gasteiger partial charge in [-0.3, -0.25) is 10.00 Å². The number of nitrogens with zero attached hydrogens (tertiary/aromatic N) is 3. The number of aromatic nitrogens is 3. The molecule has 0 bridgehead atoms. The Morgan fingerprint density at radius 3 is 2.45 bits per heavy atom. The number of ether oxygens (including phenoxy) is 2. The van der Waals surface area contributed by atoms with Crippen molar-refractivity contribution in [1.82, 2.24) is 19.7 Å². The second-order valence-electron chi connectivity index (χ2n) is 6.91. The van der Waals surface area contributed by atoms with Gasteiger partial charge < -0.3 is 9.47 Å². The lowest BCUT2D eigenvalue weighted by Crippen LogP contribution is -2.22. The summed E-state index contributed by atoms with van der Waals surface area (Å²) in [4.78, 5) is 6.67. The summed E-state index contributed by atoms with van der Waals surface area (Å²) in [6.07, 6.45) is 1.02. The summed E-state index contributed by atoms with van der Waals surface area (Å²) in [5.74, 6) is 2.29. The van der Waals surface area contributed by atoms with Gasteiger partial charge in [0.25, 0.3) is 0 Å². The van der Waals surface area contributed by atoms with Gasteiger partial charge in [0.2, 0.25) is 4.77 Å². The van der Waals surface area contributed by atoms with Crippen molar-refractivity contribution in [1.29, 1.82) is 0 Å². The second kappa shape index (κ2) is 9.71. The summed E-state index contributed by atoms with van der Waals surface area (Å²) in [7, 11) is 3.70. The molecule has 2 aromatic carbocycles. The monoisotopic (exact) mass is 412 g/mol. The first-order chi connectivity index (χ1) is 14.0. The Bertz CT molecular complexity index is 995. The van der Waals surface area contributed by atoms with Crippen LogP contribution in [-0.4, -0.2) is 40.4 Å². The van der Waals surface area contributed by atoms with Crippen LogP contribution in [0.1, 0.15) is 25.0 Å². The maximum atomic E-state index is 5.59. The minimum absolute atomic E-state index is 0.538. The number of methoxy groups -OCH3 is 1. The van der Waals surface area contributed by atoms with E-state index in [4.69, 9.17) is 21.7 Å². The van der Waals surface area contributed by atoms with E-state index in [1.54, 1.807) is 7.11 Å². The Balaban J connectivity index is 1.70. The molecule has 29 heavy (non-hydrogen) atoms. The van der Waals surface area contributed by atoms with E-state index < -0.39 is 0 Å². The third-order valence-electron chi connectivity index (χ3n) is 4.68. The van der Waals surface area contributed by atoms with Crippen LogP contribution >= 0.6 is 12.2 Å². The minimum Gasteiger partial charge on any atom is -0.493 e. The number of aromatic amines is 1. The molecule has 0 saturated heterocycles. The van der Waals surface area contributed by atoms with Crippen molar-refractivity contribution in [3.63, 3.8) is 0 Å². The van der Waals surface area contributed by atoms with E-state index in [-0.39, 0.29) is 0 Å². The fraction of sp³-hybridized carbons (Fsp3) is 0.364. The van der Waals surface area contributed by atoms with Gasteiger partial charge in [0.1, 0.15) is 0 Å². The smallest absolute Gasteiger partial charge is 0.217 e. The molecule has 0 aliphatic heterocycles. The van der Waals surface area contributed by atoms with Crippen LogP contribution in [0.4, 0.5) is 0 Å². The highest BCUT2D eigenvalue weighted by Gasteiger charge is 2.10. The number of nitrogens with one attached hydrogen (secondary N) is 1. The third kappa shape index (κ3) is 5.25. The van der Waals surface area contributed by atoms with Crippen LogP contribution in [0, 0.1) is 4.77 Å². The van der Waals surface area contributed by atoms with Crippen LogP contribution in [0.3, 0.4) is 0 Å². The van der Waals surface area contributed by atoms with Crippen molar-refractivity contribution in [3.05, 3.63) is 58.4 Å². The van der Waals surface area contributed by atoms with Gasteiger partial charge in [0.15, 0.2) is 17.3 Å². The van der Waals surface area contributed by atoms with E-state index in [0.717, 1.165) is 41.4 Å². The van der Waals surface area contributed by atoms with Crippen molar-refractivity contribution in [2.24, 2.45) is 0 Å². The van der Waals surface area contributed by atoms with Crippen molar-refractivity contribution in [3.8, 4) is 22.9 Å². The van der Waals surface area contributed by atoms with Gasteiger partial charge in [-0.05, 0) is 55.9 Å². The SMILES string of the molecule is CCOc1ccc(CN(C)Cn2[nH]c(-c3ccc(CC)cc3)nc2=S)cc1OC. The van der Waals surface area contributed by atoms with Crippen molar-refractivity contribution >= 4 is 12.2 Å². The molecule has 0 amide bonds. The molecule has 0 fully saturated rings. The van der Waals surface area contributed by atoms with Crippen LogP contribution < -0.4 is 9.47 Å². The molecule has 1 N–H and O–H groups in total. The number of hydrogen-bond donors (Lipinski definition) is 1. The van der Waals surface area contributed by atoms with E-state index in [1.807, 2.05) is 30.8 Å². The number of rotatable bonds is 9. The third-order valence-corrected chi connectivity index (χ3v) is 4.99. The normalized spacial score (nSPS) is 11.1. The van der Waals surface area contributed by atoms with Gasteiger partial charge in [0, 0.05) is 12.1 Å². The molecule has 0 aliphatic carbocycles. The Morgan fingerprint density at radius 2 is 1.79 bits per heavy atom. The average Bonchev–Trinajstić information content (AvgIpc) is 3.09. The zero-order valence-electron chi connectivity index (χ0n) is 17.4. The van der Waals surface area contributed by atoms with Gasteiger partial charge in [-0.2, -0.15) is 4.98 Å². The average molecular weight is 413 g/mol. The Kier molecular flexibility index (Phi) is 7.06. The molecule has 7 heteroatoms. The molecule has 1 heterocycles. The standard InChI is InChI=1S/C22H28N4O2S/c1-5-16-7-10-18(11-8-16)21-23-22(29)26(24-21)15-25(3)14-17-9-12-19(28-6-2)20(13-17)27-4/h7-13H,5-6,14-15H2,1-4H3,(H,23,24,29). The van der Waals surface area contributed by atoms with Crippen LogP contribution in [0.15, 0.2) is 42.5 Å². The van der Waals surface area contributed by atoms with Crippen LogP contribution in [0.2, 0.25) is 0 Å². The summed E-state index contributed by atoms with van der Waals surface area (Å²) in [6.45, 7) is 6.06. The lowest BCUT2D eigenvalue weighted by atomic mass is 10.1. The molecule has 1 aromatic heterocycles. The minimum atomic E-state index is 0.538. The highest BCUT2D eigenvalue weighted by molar-refractivity contribution is 7.71. The molecule has 0 unspecified atom stereocenters. The maximum absolute atomic E-state index is 5.59. The van der Waals surface area contributed by atoms with Crippen molar-refractivity contribution < 1.29 is 9.47 Å². The maximum Gasteiger partial charge on any atom is 0.217 e. The first kappa shape index (κ1) is 21.1. The predicted molar refractivity (Wildman–Crippen MR) is 118 cm³/mol. The van der Waals surface area contributed by atoms with Gasteiger partial charge in [0.05, 0.1) is 20.4 Å². The summed E-state index contributed by atoms with van der Waals surface area (Å²) in [6, 6.07) is 14.4. The fourth-order valence-electron chi connectivity index (χ4n) is 3.17. The Morgan fingerprint density at radius 1 is 1.07 bits per heavy atom. The zero-order chi connectivity index (χ0) is 20.8. The molecule has 0 atom stereocenters. The van der Waals surface area contributed by atoms with Crippen LogP contribution in [0.5, 0.6) is 11.5 Å². The number of aryl methyl sites for hydroxylation is 1. The van der Waals surface area contributed by atoms with Crippen molar-refractivity contribution in [2.75, 3.05) is 20.8 Å². The van der Waals surface area contributed by atoms with Gasteiger partial charge >= 0.3 is 0 Å². The molecule has 3 rings (SSSR count). The number of benzene rings is 2. The lowest BCUT2D eigenvalue weighted by Gasteiger charge is -2.18. The first-order valence-electron chi connectivity index (χ1n) is 9.78. The molecule has 0 spiro atoms. The van der Waals surface area contributed by atoms with Gasteiger partial charge in [-0.15, -0.1) is 0 Å². The summed E-state index contributed by atoms with van der Waals surface area (Å²) < 4.78 is 13.5. The molecule has 3 aromatic rings. The molecule has 0 aliphatic rings. The largest absolute Gasteiger partial charge is 0.493 e.